The van der Waals surface area contributed by atoms with E-state index in [4.69, 9.17) is 4.74 Å². The molecule has 1 N–H and O–H groups in total. The van der Waals surface area contributed by atoms with Crippen LogP contribution in [0.4, 0.5) is 16.5 Å². The van der Waals surface area contributed by atoms with Crippen molar-refractivity contribution in [2.75, 3.05) is 29.6 Å². The van der Waals surface area contributed by atoms with Gasteiger partial charge < -0.3 is 15.0 Å². The number of fused-ring (bicyclic) bond motifs is 1. The van der Waals surface area contributed by atoms with Gasteiger partial charge in [0.25, 0.3) is 0 Å². The van der Waals surface area contributed by atoms with E-state index in [2.05, 4.69) is 15.5 Å². The number of thioether (sulfide) groups is 1. The fraction of sp³-hybridized carbons (Fsp3) is 0.250. The summed E-state index contributed by atoms with van der Waals surface area (Å²) >= 11 is 2.87. The maximum atomic E-state index is 12.8. The molecule has 2 aromatic carbocycles. The molecule has 3 aromatic rings. The van der Waals surface area contributed by atoms with Crippen molar-refractivity contribution in [2.45, 2.75) is 17.2 Å². The average Bonchev–Trinajstić information content (AvgIpc) is 3.19. The summed E-state index contributed by atoms with van der Waals surface area (Å²) in [5.41, 5.74) is 3.11. The van der Waals surface area contributed by atoms with Gasteiger partial charge in [-0.15, -0.1) is 10.2 Å². The lowest BCUT2D eigenvalue weighted by atomic mass is 10.0. The molecule has 6 nitrogen and oxygen atoms in total. The lowest BCUT2D eigenvalue weighted by Crippen LogP contribution is -2.36. The van der Waals surface area contributed by atoms with Crippen LogP contribution in [0.2, 0.25) is 0 Å². The molecule has 8 heteroatoms. The highest BCUT2D eigenvalue weighted by molar-refractivity contribution is 8.01. The molecule has 0 bridgehead atoms. The molecule has 28 heavy (non-hydrogen) atoms. The van der Waals surface area contributed by atoms with Gasteiger partial charge in [-0.2, -0.15) is 0 Å². The van der Waals surface area contributed by atoms with Crippen molar-refractivity contribution in [1.29, 1.82) is 0 Å². The highest BCUT2D eigenvalue weighted by Crippen LogP contribution is 2.32. The summed E-state index contributed by atoms with van der Waals surface area (Å²) in [6, 6.07) is 15.7. The number of anilines is 3. The summed E-state index contributed by atoms with van der Waals surface area (Å²) in [7, 11) is 1.66. The summed E-state index contributed by atoms with van der Waals surface area (Å²) in [5, 5.41) is 12.3. The van der Waals surface area contributed by atoms with Gasteiger partial charge in [-0.25, -0.2) is 0 Å². The number of para-hydroxylation sites is 1. The Morgan fingerprint density at radius 3 is 2.93 bits per heavy atom. The van der Waals surface area contributed by atoms with Gasteiger partial charge in [-0.3, -0.25) is 4.79 Å². The van der Waals surface area contributed by atoms with E-state index in [1.807, 2.05) is 53.4 Å². The van der Waals surface area contributed by atoms with Crippen molar-refractivity contribution in [1.82, 2.24) is 10.2 Å². The molecule has 0 atom stereocenters. The number of aromatic nitrogens is 2. The van der Waals surface area contributed by atoms with Crippen LogP contribution in [0.25, 0.3) is 0 Å². The summed E-state index contributed by atoms with van der Waals surface area (Å²) in [6.07, 6.45) is 1.93. The van der Waals surface area contributed by atoms with Crippen molar-refractivity contribution in [3.63, 3.8) is 0 Å². The maximum absolute atomic E-state index is 12.8. The van der Waals surface area contributed by atoms with Crippen LogP contribution in [-0.4, -0.2) is 35.5 Å². The maximum Gasteiger partial charge on any atom is 0.237 e. The van der Waals surface area contributed by atoms with E-state index in [1.54, 1.807) is 7.11 Å². The topological polar surface area (TPSA) is 67.3 Å². The largest absolute Gasteiger partial charge is 0.497 e. The number of aryl methyl sites for hydroxylation is 1. The molecule has 0 spiro atoms. The van der Waals surface area contributed by atoms with E-state index >= 15 is 0 Å². The Morgan fingerprint density at radius 2 is 2.11 bits per heavy atom. The molecular weight excluding hydrogens is 392 g/mol. The second-order valence-electron chi connectivity index (χ2n) is 6.30. The predicted octanol–water partition coefficient (Wildman–Crippen LogP) is 4.36. The molecule has 2 heterocycles. The SMILES string of the molecule is COc1ccc2c(c1)CCCN2C(=O)CSc1nnc(Nc2ccccc2)s1. The summed E-state index contributed by atoms with van der Waals surface area (Å²) in [4.78, 5) is 14.7. The smallest absolute Gasteiger partial charge is 0.237 e. The number of hydrogen-bond donors (Lipinski definition) is 1. The molecule has 0 saturated carbocycles. The van der Waals surface area contributed by atoms with Crippen molar-refractivity contribution in [2.24, 2.45) is 0 Å². The monoisotopic (exact) mass is 412 g/mol. The molecular formula is C20H20N4O2S2. The first-order chi connectivity index (χ1) is 13.7. The van der Waals surface area contributed by atoms with Gasteiger partial charge in [0, 0.05) is 17.9 Å². The zero-order chi connectivity index (χ0) is 19.3. The predicted molar refractivity (Wildman–Crippen MR) is 114 cm³/mol. The molecule has 0 aliphatic carbocycles. The Kier molecular flexibility index (Phi) is 5.78. The molecule has 0 fully saturated rings. The van der Waals surface area contributed by atoms with Crippen LogP contribution in [0.15, 0.2) is 52.9 Å². The van der Waals surface area contributed by atoms with Crippen molar-refractivity contribution in [3.8, 4) is 5.75 Å². The highest BCUT2D eigenvalue weighted by Gasteiger charge is 2.23. The molecule has 4 rings (SSSR count). The summed E-state index contributed by atoms with van der Waals surface area (Å²) in [6.45, 7) is 0.746. The molecule has 1 aromatic heterocycles. The number of nitrogens with zero attached hydrogens (tertiary/aromatic N) is 3. The summed E-state index contributed by atoms with van der Waals surface area (Å²) < 4.78 is 6.08. The summed E-state index contributed by atoms with van der Waals surface area (Å²) in [5.74, 6) is 1.25. The third kappa shape index (κ3) is 4.28. The molecule has 0 unspecified atom stereocenters. The number of methoxy groups -OCH3 is 1. The van der Waals surface area contributed by atoms with Gasteiger partial charge in [0.05, 0.1) is 12.9 Å². The number of carbonyl (C=O) groups excluding carboxylic acids is 1. The van der Waals surface area contributed by atoms with Crippen molar-refractivity contribution < 1.29 is 9.53 Å². The number of benzene rings is 2. The first-order valence-electron chi connectivity index (χ1n) is 8.98. The Morgan fingerprint density at radius 1 is 1.25 bits per heavy atom. The first kappa shape index (κ1) is 18.8. The fourth-order valence-corrected chi connectivity index (χ4v) is 4.77. The van der Waals surface area contributed by atoms with Crippen molar-refractivity contribution in [3.05, 3.63) is 54.1 Å². The van der Waals surface area contributed by atoms with E-state index in [0.29, 0.717) is 5.75 Å². The van der Waals surface area contributed by atoms with E-state index in [0.717, 1.165) is 51.5 Å². The Balaban J connectivity index is 1.38. The highest BCUT2D eigenvalue weighted by atomic mass is 32.2. The zero-order valence-electron chi connectivity index (χ0n) is 15.4. The standard InChI is InChI=1S/C20H20N4O2S2/c1-26-16-9-10-17-14(12-16)6-5-11-24(17)18(25)13-27-20-23-22-19(28-20)21-15-7-3-2-4-8-15/h2-4,7-10,12H,5-6,11,13H2,1H3,(H,21,22). The molecule has 1 aliphatic heterocycles. The van der Waals surface area contributed by atoms with Crippen LogP contribution in [0.1, 0.15) is 12.0 Å². The van der Waals surface area contributed by atoms with E-state index in [1.165, 1.54) is 23.1 Å². The van der Waals surface area contributed by atoms with E-state index in [-0.39, 0.29) is 5.91 Å². The number of amides is 1. The Bertz CT molecular complexity index is 962. The number of ether oxygens (including phenoxy) is 1. The molecule has 0 saturated heterocycles. The van der Waals surface area contributed by atoms with Crippen LogP contribution in [0.3, 0.4) is 0 Å². The quantitative estimate of drug-likeness (QED) is 0.607. The molecule has 0 radical (unpaired) electrons. The second-order valence-corrected chi connectivity index (χ2v) is 8.50. The van der Waals surface area contributed by atoms with E-state index in [9.17, 15) is 4.79 Å². The second kappa shape index (κ2) is 8.62. The van der Waals surface area contributed by atoms with Crippen LogP contribution in [0.5, 0.6) is 5.75 Å². The Hall–Kier alpha value is -2.58. The van der Waals surface area contributed by atoms with Crippen LogP contribution >= 0.6 is 23.1 Å². The van der Waals surface area contributed by atoms with Gasteiger partial charge in [-0.1, -0.05) is 41.3 Å². The van der Waals surface area contributed by atoms with Gasteiger partial charge in [0.2, 0.25) is 11.0 Å². The van der Waals surface area contributed by atoms with Crippen LogP contribution in [-0.2, 0) is 11.2 Å². The van der Waals surface area contributed by atoms with Gasteiger partial charge >= 0.3 is 0 Å². The minimum Gasteiger partial charge on any atom is -0.497 e. The first-order valence-corrected chi connectivity index (χ1v) is 10.8. The number of carbonyl (C=O) groups is 1. The van der Waals surface area contributed by atoms with Crippen LogP contribution < -0.4 is 15.0 Å². The minimum atomic E-state index is 0.0869. The number of nitrogens with one attached hydrogen (secondary N) is 1. The average molecular weight is 413 g/mol. The fourth-order valence-electron chi connectivity index (χ4n) is 3.12. The van der Waals surface area contributed by atoms with Crippen molar-refractivity contribution >= 4 is 45.5 Å². The van der Waals surface area contributed by atoms with E-state index < -0.39 is 0 Å². The molecule has 1 amide bonds. The lowest BCUT2D eigenvalue weighted by Gasteiger charge is -2.29. The zero-order valence-corrected chi connectivity index (χ0v) is 17.1. The third-order valence-electron chi connectivity index (χ3n) is 4.46. The van der Waals surface area contributed by atoms with Gasteiger partial charge in [0.15, 0.2) is 4.34 Å². The van der Waals surface area contributed by atoms with Gasteiger partial charge in [-0.05, 0) is 48.7 Å². The number of rotatable bonds is 6. The molecule has 144 valence electrons. The third-order valence-corrected chi connectivity index (χ3v) is 6.41. The Labute approximate surface area is 171 Å². The van der Waals surface area contributed by atoms with Gasteiger partial charge in [0.1, 0.15) is 5.75 Å². The van der Waals surface area contributed by atoms with Crippen LogP contribution in [0, 0.1) is 0 Å². The number of hydrogen-bond acceptors (Lipinski definition) is 7. The minimum absolute atomic E-state index is 0.0869. The normalized spacial score (nSPS) is 13.1. The lowest BCUT2D eigenvalue weighted by molar-refractivity contribution is -0.116. The molecule has 1 aliphatic rings.